The van der Waals surface area contributed by atoms with Crippen molar-refractivity contribution in [2.75, 3.05) is 10.2 Å². The van der Waals surface area contributed by atoms with Crippen LogP contribution in [0.3, 0.4) is 0 Å². The van der Waals surface area contributed by atoms with E-state index < -0.39 is 0 Å². The van der Waals surface area contributed by atoms with Crippen LogP contribution in [0.1, 0.15) is 51.7 Å². The van der Waals surface area contributed by atoms with Gasteiger partial charge in [0.1, 0.15) is 0 Å². The van der Waals surface area contributed by atoms with E-state index in [0.717, 1.165) is 30.6 Å². The molecule has 374 valence electrons. The van der Waals surface area contributed by atoms with E-state index in [9.17, 15) is 0 Å². The maximum absolute atomic E-state index is 4.38. The van der Waals surface area contributed by atoms with E-state index in [1.165, 1.54) is 132 Å². The highest BCUT2D eigenvalue weighted by Crippen LogP contribution is 2.53. The zero-order valence-corrected chi connectivity index (χ0v) is 45.5. The number of aryl methyl sites for hydroxylation is 1. The minimum absolute atomic E-state index is 0.126. The maximum atomic E-state index is 4.38. The molecule has 0 atom stereocenters. The molecule has 2 aliphatic rings. The second-order valence-corrected chi connectivity index (χ2v) is 23.4. The number of nitrogens with zero attached hydrogens (tertiary/aromatic N) is 1. The molecule has 0 radical (unpaired) electrons. The molecule has 0 bridgehead atoms. The fourth-order valence-electron chi connectivity index (χ4n) is 12.6. The normalized spacial score (nSPS) is 12.6. The van der Waals surface area contributed by atoms with Gasteiger partial charge in [-0.15, -0.1) is 11.3 Å². The number of anilines is 5. The third-order valence-electron chi connectivity index (χ3n) is 16.4. The predicted molar refractivity (Wildman–Crippen MR) is 338 cm³/mol. The van der Waals surface area contributed by atoms with E-state index in [4.69, 9.17) is 0 Å². The van der Waals surface area contributed by atoms with Gasteiger partial charge in [0.25, 0.3) is 6.71 Å². The van der Waals surface area contributed by atoms with Gasteiger partial charge in [-0.25, -0.2) is 0 Å². The molecular weight excluding hydrogens is 960 g/mol. The van der Waals surface area contributed by atoms with Crippen molar-refractivity contribution in [1.82, 2.24) is 0 Å². The molecule has 2 aliphatic heterocycles. The maximum Gasteiger partial charge on any atom is 0.252 e. The quantitative estimate of drug-likeness (QED) is 0.137. The summed E-state index contributed by atoms with van der Waals surface area (Å²) in [6.45, 7) is 9.28. The highest BCUT2D eigenvalue weighted by Gasteiger charge is 2.44. The Bertz CT molecular complexity index is 4180. The van der Waals surface area contributed by atoms with Crippen LogP contribution in [0.2, 0.25) is 0 Å². The lowest BCUT2D eigenvalue weighted by Crippen LogP contribution is -2.60. The van der Waals surface area contributed by atoms with Crippen molar-refractivity contribution >= 4 is 83.0 Å². The standard InChI is InChI=1S/C74H59BN2S/c1-5-6-24-53-38-40-68-70(58-35-22-23-36-67(58)78-68)69(53)61-43-56(50-29-16-9-17-30-50)45-63-72(61)76-64-46-57(74(2,3)4)47-66-71(64)75(63)62-44-54(48-25-12-7-13-26-48)37-39-65(62)77(66)73-59(51-31-18-10-19-32-51)41-55(49-27-14-8-15-28-49)42-60(73)52-33-20-11-21-34-52/h7-23,25-47,76H,5-6,24H2,1-4H3. The molecule has 2 nitrogen and oxygen atoms in total. The van der Waals surface area contributed by atoms with Gasteiger partial charge in [-0.05, 0) is 144 Å². The van der Waals surface area contributed by atoms with Gasteiger partial charge in [0.15, 0.2) is 0 Å². The molecule has 11 aromatic carbocycles. The molecule has 3 heterocycles. The predicted octanol–water partition coefficient (Wildman–Crippen LogP) is 19.1. The molecule has 0 saturated carbocycles. The van der Waals surface area contributed by atoms with Crippen molar-refractivity contribution in [2.45, 2.75) is 52.4 Å². The number of benzene rings is 11. The van der Waals surface area contributed by atoms with Crippen LogP contribution in [0.4, 0.5) is 28.4 Å². The largest absolute Gasteiger partial charge is 0.356 e. The first kappa shape index (κ1) is 47.7. The monoisotopic (exact) mass is 1020 g/mol. The average Bonchev–Trinajstić information content (AvgIpc) is 2.31. The third-order valence-corrected chi connectivity index (χ3v) is 17.5. The Morgan fingerprint density at radius 2 is 1.00 bits per heavy atom. The van der Waals surface area contributed by atoms with E-state index in [1.54, 1.807) is 0 Å². The summed E-state index contributed by atoms with van der Waals surface area (Å²) >= 11 is 1.91. The minimum Gasteiger partial charge on any atom is -0.356 e. The summed E-state index contributed by atoms with van der Waals surface area (Å²) in [6.07, 6.45) is 3.25. The molecule has 0 saturated heterocycles. The van der Waals surface area contributed by atoms with Crippen LogP contribution in [0, 0.1) is 0 Å². The Morgan fingerprint density at radius 3 is 1.60 bits per heavy atom. The lowest BCUT2D eigenvalue weighted by Gasteiger charge is -2.43. The molecule has 1 aromatic heterocycles. The summed E-state index contributed by atoms with van der Waals surface area (Å²) in [6, 6.07) is 91.2. The van der Waals surface area contributed by atoms with Gasteiger partial charge in [0.2, 0.25) is 0 Å². The molecule has 0 aliphatic carbocycles. The van der Waals surface area contributed by atoms with Crippen LogP contribution in [-0.4, -0.2) is 6.71 Å². The zero-order valence-electron chi connectivity index (χ0n) is 44.6. The van der Waals surface area contributed by atoms with Gasteiger partial charge in [-0.3, -0.25) is 0 Å². The minimum atomic E-state index is -0.178. The fourth-order valence-corrected chi connectivity index (χ4v) is 13.7. The number of hydrogen-bond donors (Lipinski definition) is 1. The molecule has 14 rings (SSSR count). The summed E-state index contributed by atoms with van der Waals surface area (Å²) in [5.41, 5.74) is 26.8. The fraction of sp³-hybridized carbons (Fsp3) is 0.108. The van der Waals surface area contributed by atoms with Crippen LogP contribution < -0.4 is 26.6 Å². The molecule has 1 N–H and O–H groups in total. The molecular formula is C74H59BN2S. The second-order valence-electron chi connectivity index (χ2n) is 22.3. The highest BCUT2D eigenvalue weighted by molar-refractivity contribution is 7.26. The van der Waals surface area contributed by atoms with Crippen molar-refractivity contribution in [3.63, 3.8) is 0 Å². The first-order valence-electron chi connectivity index (χ1n) is 27.7. The van der Waals surface area contributed by atoms with Gasteiger partial charge in [-0.2, -0.15) is 0 Å². The number of fused-ring (bicyclic) bond motifs is 7. The second kappa shape index (κ2) is 19.4. The summed E-state index contributed by atoms with van der Waals surface area (Å²) in [5.74, 6) is 0. The number of unbranched alkanes of at least 4 members (excludes halogenated alkanes) is 1. The van der Waals surface area contributed by atoms with Crippen LogP contribution in [0.15, 0.2) is 243 Å². The zero-order chi connectivity index (χ0) is 52.5. The molecule has 0 fully saturated rings. The van der Waals surface area contributed by atoms with Crippen molar-refractivity contribution in [2.24, 2.45) is 0 Å². The Hall–Kier alpha value is -8.70. The van der Waals surface area contributed by atoms with Crippen molar-refractivity contribution in [1.29, 1.82) is 0 Å². The summed E-state index contributed by atoms with van der Waals surface area (Å²) in [5, 5.41) is 7.06. The Kier molecular flexibility index (Phi) is 11.9. The highest BCUT2D eigenvalue weighted by atomic mass is 32.1. The Balaban J connectivity index is 1.13. The van der Waals surface area contributed by atoms with Gasteiger partial charge < -0.3 is 10.2 Å². The number of nitrogens with one attached hydrogen (secondary N) is 1. The number of thiophene rings is 1. The van der Waals surface area contributed by atoms with E-state index in [2.05, 4.69) is 281 Å². The van der Waals surface area contributed by atoms with Gasteiger partial charge in [0, 0.05) is 59.6 Å². The lowest BCUT2D eigenvalue weighted by atomic mass is 9.33. The topological polar surface area (TPSA) is 15.3 Å². The van der Waals surface area contributed by atoms with Crippen molar-refractivity contribution in [3.8, 4) is 66.8 Å². The Morgan fingerprint density at radius 1 is 0.462 bits per heavy atom. The van der Waals surface area contributed by atoms with E-state index >= 15 is 0 Å². The van der Waals surface area contributed by atoms with Gasteiger partial charge >= 0.3 is 0 Å². The van der Waals surface area contributed by atoms with E-state index in [-0.39, 0.29) is 12.1 Å². The molecule has 0 spiro atoms. The van der Waals surface area contributed by atoms with Crippen LogP contribution in [-0.2, 0) is 11.8 Å². The van der Waals surface area contributed by atoms with E-state index in [0.29, 0.717) is 0 Å². The lowest BCUT2D eigenvalue weighted by molar-refractivity contribution is 0.591. The molecule has 78 heavy (non-hydrogen) atoms. The number of hydrogen-bond acceptors (Lipinski definition) is 3. The third kappa shape index (κ3) is 8.17. The van der Waals surface area contributed by atoms with Gasteiger partial charge in [-0.1, -0.05) is 228 Å². The SMILES string of the molecule is CCCCc1ccc2sc3ccccc3c2c1-c1cc(-c2ccccc2)cc2c1Nc1cc(C(C)(C)C)cc3c1B2c1cc(-c2ccccc2)ccc1N3c1c(-c2ccccc2)cc(-c2ccccc2)cc1-c1ccccc1. The van der Waals surface area contributed by atoms with Crippen LogP contribution in [0.5, 0.6) is 0 Å². The Labute approximate surface area is 463 Å². The first-order chi connectivity index (χ1) is 38.3. The van der Waals surface area contributed by atoms with Crippen LogP contribution in [0.25, 0.3) is 86.9 Å². The molecule has 4 heteroatoms. The van der Waals surface area contributed by atoms with Crippen LogP contribution >= 0.6 is 11.3 Å². The van der Waals surface area contributed by atoms with E-state index in [1.807, 2.05) is 11.3 Å². The van der Waals surface area contributed by atoms with Crippen molar-refractivity contribution in [3.05, 3.63) is 254 Å². The molecule has 12 aromatic rings. The summed E-state index contributed by atoms with van der Waals surface area (Å²) < 4.78 is 2.65. The first-order valence-corrected chi connectivity index (χ1v) is 28.6. The summed E-state index contributed by atoms with van der Waals surface area (Å²) in [4.78, 5) is 2.66. The smallest absolute Gasteiger partial charge is 0.252 e. The average molecular weight is 1020 g/mol. The van der Waals surface area contributed by atoms with Crippen molar-refractivity contribution < 1.29 is 0 Å². The number of rotatable bonds is 10. The summed E-state index contributed by atoms with van der Waals surface area (Å²) in [7, 11) is 0. The molecule has 0 amide bonds. The molecule has 0 unspecified atom stereocenters. The van der Waals surface area contributed by atoms with Gasteiger partial charge in [0.05, 0.1) is 5.69 Å².